The maximum absolute atomic E-state index is 12.3. The summed E-state index contributed by atoms with van der Waals surface area (Å²) in [4.78, 5) is 30.7. The molecule has 0 radical (unpaired) electrons. The van der Waals surface area contributed by atoms with Gasteiger partial charge in [-0.15, -0.1) is 0 Å². The van der Waals surface area contributed by atoms with E-state index in [1.54, 1.807) is 0 Å². The molecule has 302 valence electrons. The first-order valence-electron chi connectivity index (χ1n) is 20.7. The van der Waals surface area contributed by atoms with Crippen LogP contribution in [0, 0.1) is 35.5 Å². The van der Waals surface area contributed by atoms with Crippen LogP contribution in [0.15, 0.2) is 60.7 Å². The van der Waals surface area contributed by atoms with Crippen molar-refractivity contribution in [1.82, 2.24) is 14.7 Å². The monoisotopic (exact) mass is 749 g/mol. The van der Waals surface area contributed by atoms with Gasteiger partial charge in [0.1, 0.15) is 11.2 Å². The molecule has 0 unspecified atom stereocenters. The average Bonchev–Trinajstić information content (AvgIpc) is 4.08. The molecule has 2 heterocycles. The van der Waals surface area contributed by atoms with E-state index in [2.05, 4.69) is 65.6 Å². The second kappa shape index (κ2) is 20.7. The number of likely N-dealkylation sites (tertiary alicyclic amines) is 2. The number of piperidine rings is 2. The van der Waals surface area contributed by atoms with Crippen LogP contribution in [0.2, 0.25) is 0 Å². The first-order valence-corrected chi connectivity index (χ1v) is 20.7. The number of hydrogen-bond donors (Lipinski definition) is 2. The van der Waals surface area contributed by atoms with Crippen molar-refractivity contribution < 1.29 is 24.2 Å². The predicted octanol–water partition coefficient (Wildman–Crippen LogP) is 8.59. The van der Waals surface area contributed by atoms with Gasteiger partial charge in [-0.2, -0.15) is 0 Å². The van der Waals surface area contributed by atoms with Crippen LogP contribution in [0.5, 0.6) is 0 Å². The van der Waals surface area contributed by atoms with Gasteiger partial charge in [0.05, 0.1) is 0 Å². The van der Waals surface area contributed by atoms with Crippen LogP contribution in [0.25, 0.3) is 0 Å². The molecule has 2 aromatic carbocycles. The van der Waals surface area contributed by atoms with Gasteiger partial charge in [-0.25, -0.2) is 9.59 Å². The average molecular weight is 749 g/mol. The summed E-state index contributed by atoms with van der Waals surface area (Å²) in [6.07, 6.45) is 9.38. The Balaban J connectivity index is 0.000000263. The molecule has 0 bridgehead atoms. The normalized spacial score (nSPS) is 23.1. The Morgan fingerprint density at radius 1 is 0.667 bits per heavy atom. The molecule has 9 nitrogen and oxygen atoms in total. The maximum Gasteiger partial charge on any atom is 0.410 e. The van der Waals surface area contributed by atoms with Crippen molar-refractivity contribution in [1.29, 1.82) is 0 Å². The maximum atomic E-state index is 12.3. The third-order valence-corrected chi connectivity index (χ3v) is 11.4. The molecule has 54 heavy (non-hydrogen) atoms. The minimum absolute atomic E-state index is 0.147. The highest BCUT2D eigenvalue weighted by Gasteiger charge is 2.44. The van der Waals surface area contributed by atoms with Gasteiger partial charge < -0.3 is 30.1 Å². The number of rotatable bonds is 11. The number of aliphatic hydroxyl groups is 1. The lowest BCUT2D eigenvalue weighted by Gasteiger charge is -2.33. The van der Waals surface area contributed by atoms with Crippen molar-refractivity contribution in [3.63, 3.8) is 0 Å². The summed E-state index contributed by atoms with van der Waals surface area (Å²) in [5.41, 5.74) is 7.57. The van der Waals surface area contributed by atoms with Crippen LogP contribution in [-0.4, -0.2) is 89.6 Å². The number of carbonyl (C=O) groups is 2. The molecule has 4 atom stereocenters. The number of amides is 2. The van der Waals surface area contributed by atoms with E-state index in [-0.39, 0.29) is 12.2 Å². The van der Waals surface area contributed by atoms with E-state index in [1.165, 1.54) is 36.8 Å². The summed E-state index contributed by atoms with van der Waals surface area (Å²) in [7, 11) is 1.00. The Labute approximate surface area is 326 Å². The number of benzene rings is 2. The van der Waals surface area contributed by atoms with Gasteiger partial charge in [-0.05, 0) is 153 Å². The lowest BCUT2D eigenvalue weighted by atomic mass is 9.90. The topological polar surface area (TPSA) is 109 Å². The number of carbonyl (C=O) groups excluding carboxylic acids is 2. The van der Waals surface area contributed by atoms with Crippen molar-refractivity contribution >= 4 is 12.2 Å². The number of aliphatic hydroxyl groups excluding tert-OH is 1. The molecule has 9 heteroatoms. The molecule has 4 aliphatic rings. The van der Waals surface area contributed by atoms with Gasteiger partial charge in [0.2, 0.25) is 0 Å². The molecule has 6 rings (SSSR count). The summed E-state index contributed by atoms with van der Waals surface area (Å²) in [6, 6.07) is 21.7. The van der Waals surface area contributed by atoms with E-state index in [0.717, 1.165) is 121 Å². The lowest BCUT2D eigenvalue weighted by Crippen LogP contribution is -2.42. The Morgan fingerprint density at radius 3 is 1.39 bits per heavy atom. The lowest BCUT2D eigenvalue weighted by molar-refractivity contribution is 0.0163. The Morgan fingerprint density at radius 2 is 1.04 bits per heavy atom. The summed E-state index contributed by atoms with van der Waals surface area (Å²) in [6.45, 7) is 18.9. The highest BCUT2D eigenvalue weighted by molar-refractivity contribution is 5.68. The van der Waals surface area contributed by atoms with Crippen LogP contribution < -0.4 is 5.73 Å². The van der Waals surface area contributed by atoms with Gasteiger partial charge in [-0.3, -0.25) is 4.90 Å². The minimum Gasteiger partial charge on any atom is -0.444 e. The third-order valence-electron chi connectivity index (χ3n) is 11.4. The van der Waals surface area contributed by atoms with E-state index in [1.807, 2.05) is 51.3 Å². The van der Waals surface area contributed by atoms with Crippen molar-refractivity contribution in [3.8, 4) is 0 Å². The van der Waals surface area contributed by atoms with Crippen LogP contribution >= 0.6 is 0 Å². The van der Waals surface area contributed by atoms with Gasteiger partial charge in [0, 0.05) is 46.4 Å². The highest BCUT2D eigenvalue weighted by Crippen LogP contribution is 2.50. The van der Waals surface area contributed by atoms with E-state index < -0.39 is 11.2 Å². The largest absolute Gasteiger partial charge is 0.444 e. The molecule has 2 amide bonds. The SMILES string of the molecule is CC(C)(C)OC(=O)N1CCC([C@H]2C[C@@H]2CCN(Cc2ccccc2)Cc2ccccc2)CC1.CC(C)(C)OC(=O)N1CCC([C@H]2C[C@@H]2CCN)CC1.CO. The minimum atomic E-state index is -0.416. The zero-order valence-corrected chi connectivity index (χ0v) is 34.6. The standard InChI is InChI=1S/C29H40N2O2.C15H28N2O2.CH4O/c1-29(2,3)33-28(32)31-18-15-25(16-19-31)27-20-26(27)14-17-30(21-23-10-6-4-7-11-23)22-24-12-8-5-9-13-24;1-15(2,3)19-14(18)17-8-5-11(6-9-17)13-10-12(13)4-7-16;1-2/h4-13,25-27H,14-22H2,1-3H3;11-13H,4-10,16H2,1-3H3;2H,1H3/t26-,27+;12-,13+;/m00./s1. The fourth-order valence-electron chi connectivity index (χ4n) is 8.49. The van der Waals surface area contributed by atoms with Crippen LogP contribution in [0.1, 0.15) is 104 Å². The van der Waals surface area contributed by atoms with E-state index in [4.69, 9.17) is 20.3 Å². The number of nitrogens with two attached hydrogens (primary N) is 1. The zero-order valence-electron chi connectivity index (χ0n) is 34.6. The number of nitrogens with zero attached hydrogens (tertiary/aromatic N) is 3. The van der Waals surface area contributed by atoms with Gasteiger partial charge in [-0.1, -0.05) is 60.7 Å². The Bertz CT molecular complexity index is 1340. The zero-order chi connectivity index (χ0) is 39.3. The van der Waals surface area contributed by atoms with E-state index >= 15 is 0 Å². The van der Waals surface area contributed by atoms with Gasteiger partial charge in [0.15, 0.2) is 0 Å². The summed E-state index contributed by atoms with van der Waals surface area (Å²) < 4.78 is 11.0. The molecular formula is C45H72N4O5. The fraction of sp³-hybridized carbons (Fsp3) is 0.689. The number of hydrogen-bond acceptors (Lipinski definition) is 7. The molecule has 2 saturated carbocycles. The smallest absolute Gasteiger partial charge is 0.410 e. The van der Waals surface area contributed by atoms with Crippen molar-refractivity contribution in [2.45, 2.75) is 117 Å². The summed E-state index contributed by atoms with van der Waals surface area (Å²) in [5.74, 6) is 5.01. The quantitative estimate of drug-likeness (QED) is 0.237. The molecule has 2 saturated heterocycles. The highest BCUT2D eigenvalue weighted by atomic mass is 16.6. The first-order chi connectivity index (χ1) is 25.8. The van der Waals surface area contributed by atoms with Crippen molar-refractivity contribution in [2.24, 2.45) is 41.2 Å². The van der Waals surface area contributed by atoms with Crippen molar-refractivity contribution in [3.05, 3.63) is 71.8 Å². The molecular weight excluding hydrogens is 677 g/mol. The van der Waals surface area contributed by atoms with E-state index in [0.29, 0.717) is 0 Å². The molecule has 2 aliphatic carbocycles. The molecule has 0 aromatic heterocycles. The predicted molar refractivity (Wildman–Crippen MR) is 218 cm³/mol. The van der Waals surface area contributed by atoms with Crippen LogP contribution in [-0.2, 0) is 22.6 Å². The second-order valence-electron chi connectivity index (χ2n) is 18.0. The van der Waals surface area contributed by atoms with E-state index in [9.17, 15) is 9.59 Å². The Hall–Kier alpha value is -3.14. The summed E-state index contributed by atoms with van der Waals surface area (Å²) >= 11 is 0. The van der Waals surface area contributed by atoms with Crippen LogP contribution in [0.4, 0.5) is 9.59 Å². The van der Waals surface area contributed by atoms with Gasteiger partial charge in [0.25, 0.3) is 0 Å². The summed E-state index contributed by atoms with van der Waals surface area (Å²) in [5, 5.41) is 7.00. The molecule has 4 fully saturated rings. The third kappa shape index (κ3) is 14.8. The molecule has 2 aromatic rings. The Kier molecular flexibility index (Phi) is 16.7. The van der Waals surface area contributed by atoms with Gasteiger partial charge >= 0.3 is 12.2 Å². The van der Waals surface area contributed by atoms with Crippen LogP contribution in [0.3, 0.4) is 0 Å². The number of ether oxygens (including phenoxy) is 2. The molecule has 0 spiro atoms. The second-order valence-corrected chi connectivity index (χ2v) is 18.0. The van der Waals surface area contributed by atoms with Crippen molar-refractivity contribution in [2.75, 3.05) is 46.4 Å². The first kappa shape index (κ1) is 43.6. The fourth-order valence-corrected chi connectivity index (χ4v) is 8.49. The molecule has 3 N–H and O–H groups in total. The molecule has 2 aliphatic heterocycles.